The normalized spacial score (nSPS) is 16.8. The second-order valence-corrected chi connectivity index (χ2v) is 5.98. The first-order chi connectivity index (χ1) is 8.74. The van der Waals surface area contributed by atoms with Crippen LogP contribution in [-0.2, 0) is 0 Å². The highest BCUT2D eigenvalue weighted by atomic mass is 35.5. The molecule has 0 aliphatic heterocycles. The topological polar surface area (TPSA) is 33.2 Å². The lowest BCUT2D eigenvalue weighted by Crippen LogP contribution is -2.42. The predicted molar refractivity (Wildman–Crippen MR) is 75.5 cm³/mol. The van der Waals surface area contributed by atoms with E-state index in [0.29, 0.717) is 18.5 Å². The van der Waals surface area contributed by atoms with Gasteiger partial charge in [-0.05, 0) is 19.8 Å². The lowest BCUT2D eigenvalue weighted by molar-refractivity contribution is 0.0654. The maximum Gasteiger partial charge on any atom is 0.266 e. The van der Waals surface area contributed by atoms with Crippen molar-refractivity contribution in [2.24, 2.45) is 0 Å². The van der Waals surface area contributed by atoms with Gasteiger partial charge >= 0.3 is 0 Å². The van der Waals surface area contributed by atoms with Crippen LogP contribution in [0.2, 0.25) is 0 Å². The fraction of sp³-hybridized carbons (Fsp3) is 0.692. The van der Waals surface area contributed by atoms with E-state index in [1.807, 2.05) is 11.8 Å². The predicted octanol–water partition coefficient (Wildman–Crippen LogP) is 3.47. The Kier molecular flexibility index (Phi) is 5.01. The Morgan fingerprint density at radius 2 is 2.22 bits per heavy atom. The zero-order chi connectivity index (χ0) is 13.0. The van der Waals surface area contributed by atoms with Crippen molar-refractivity contribution in [1.29, 1.82) is 0 Å². The van der Waals surface area contributed by atoms with Crippen LogP contribution < -0.4 is 0 Å². The molecule has 1 aliphatic rings. The van der Waals surface area contributed by atoms with E-state index in [9.17, 15) is 4.79 Å². The molecule has 1 saturated carbocycles. The molecule has 3 nitrogen and oxygen atoms in total. The van der Waals surface area contributed by atoms with Crippen LogP contribution in [0.4, 0.5) is 0 Å². The van der Waals surface area contributed by atoms with E-state index >= 15 is 0 Å². The van der Waals surface area contributed by atoms with Crippen molar-refractivity contribution in [3.05, 3.63) is 16.1 Å². The van der Waals surface area contributed by atoms with E-state index in [4.69, 9.17) is 11.6 Å². The third kappa shape index (κ3) is 3.04. The molecule has 0 bridgehead atoms. The number of thiazole rings is 1. The van der Waals surface area contributed by atoms with E-state index in [-0.39, 0.29) is 5.91 Å². The van der Waals surface area contributed by atoms with Crippen LogP contribution in [0.3, 0.4) is 0 Å². The van der Waals surface area contributed by atoms with Crippen LogP contribution in [-0.4, -0.2) is 34.3 Å². The molecule has 1 aromatic heterocycles. The summed E-state index contributed by atoms with van der Waals surface area (Å²) in [5.74, 6) is 0.614. The Hall–Kier alpha value is -0.610. The number of amides is 1. The Bertz CT molecular complexity index is 401. The van der Waals surface area contributed by atoms with Gasteiger partial charge in [0.15, 0.2) is 0 Å². The fourth-order valence-corrected chi connectivity index (χ4v) is 3.51. The summed E-state index contributed by atoms with van der Waals surface area (Å²) < 4.78 is 0. The standard InChI is InChI=1S/C13H19ClN2OS/c1-10-12(18-9-15-10)13(17)16(8-7-14)11-5-3-2-4-6-11/h9,11H,2-8H2,1H3. The summed E-state index contributed by atoms with van der Waals surface area (Å²) in [7, 11) is 0. The summed E-state index contributed by atoms with van der Waals surface area (Å²) in [5.41, 5.74) is 2.57. The van der Waals surface area contributed by atoms with E-state index in [1.165, 1.54) is 30.6 Å². The Labute approximate surface area is 117 Å². The Morgan fingerprint density at radius 1 is 1.50 bits per heavy atom. The number of rotatable bonds is 4. The van der Waals surface area contributed by atoms with Gasteiger partial charge in [-0.25, -0.2) is 4.98 Å². The molecule has 1 heterocycles. The third-order valence-corrected chi connectivity index (χ3v) is 4.63. The molecule has 0 N–H and O–H groups in total. The highest BCUT2D eigenvalue weighted by Gasteiger charge is 2.27. The van der Waals surface area contributed by atoms with Gasteiger partial charge in [0.1, 0.15) is 4.88 Å². The molecule has 0 radical (unpaired) electrons. The molecule has 1 fully saturated rings. The first-order valence-electron chi connectivity index (χ1n) is 6.51. The second kappa shape index (κ2) is 6.53. The van der Waals surface area contributed by atoms with Crippen molar-refractivity contribution >= 4 is 28.8 Å². The van der Waals surface area contributed by atoms with Gasteiger partial charge in [-0.15, -0.1) is 22.9 Å². The minimum atomic E-state index is 0.113. The quantitative estimate of drug-likeness (QED) is 0.794. The average molecular weight is 287 g/mol. The molecule has 2 rings (SSSR count). The summed E-state index contributed by atoms with van der Waals surface area (Å²) in [6, 6.07) is 0.367. The molecule has 0 aromatic carbocycles. The molecule has 0 spiro atoms. The van der Waals surface area contributed by atoms with Crippen LogP contribution in [0, 0.1) is 6.92 Å². The van der Waals surface area contributed by atoms with Gasteiger partial charge < -0.3 is 4.90 Å². The summed E-state index contributed by atoms with van der Waals surface area (Å²) in [5, 5.41) is 0. The first kappa shape index (κ1) is 13.8. The number of alkyl halides is 1. The monoisotopic (exact) mass is 286 g/mol. The first-order valence-corrected chi connectivity index (χ1v) is 7.92. The molecule has 0 atom stereocenters. The molecular formula is C13H19ClN2OS. The second-order valence-electron chi connectivity index (χ2n) is 4.75. The van der Waals surface area contributed by atoms with E-state index < -0.39 is 0 Å². The van der Waals surface area contributed by atoms with Crippen LogP contribution in [0.1, 0.15) is 47.5 Å². The molecule has 100 valence electrons. The van der Waals surface area contributed by atoms with Crippen molar-refractivity contribution in [1.82, 2.24) is 9.88 Å². The molecule has 1 aliphatic carbocycles. The Balaban J connectivity index is 2.13. The molecule has 1 amide bonds. The fourth-order valence-electron chi connectivity index (χ4n) is 2.57. The number of carbonyl (C=O) groups is 1. The molecular weight excluding hydrogens is 268 g/mol. The van der Waals surface area contributed by atoms with Gasteiger partial charge in [0.2, 0.25) is 0 Å². The number of hydrogen-bond donors (Lipinski definition) is 0. The largest absolute Gasteiger partial charge is 0.334 e. The number of nitrogens with zero attached hydrogens (tertiary/aromatic N) is 2. The van der Waals surface area contributed by atoms with Crippen LogP contribution in [0.5, 0.6) is 0 Å². The van der Waals surface area contributed by atoms with Crippen molar-refractivity contribution in [3.63, 3.8) is 0 Å². The average Bonchev–Trinajstić information content (AvgIpc) is 2.82. The van der Waals surface area contributed by atoms with Gasteiger partial charge in [-0.1, -0.05) is 19.3 Å². The van der Waals surface area contributed by atoms with Gasteiger partial charge in [-0.3, -0.25) is 4.79 Å². The van der Waals surface area contributed by atoms with Crippen LogP contribution in [0.15, 0.2) is 5.51 Å². The van der Waals surface area contributed by atoms with Crippen molar-refractivity contribution in [2.45, 2.75) is 45.1 Å². The van der Waals surface area contributed by atoms with Gasteiger partial charge in [-0.2, -0.15) is 0 Å². The number of hydrogen-bond acceptors (Lipinski definition) is 3. The zero-order valence-electron chi connectivity index (χ0n) is 10.7. The molecule has 5 heteroatoms. The molecule has 0 saturated heterocycles. The van der Waals surface area contributed by atoms with Crippen molar-refractivity contribution < 1.29 is 4.79 Å². The number of aryl methyl sites for hydroxylation is 1. The molecule has 18 heavy (non-hydrogen) atoms. The van der Waals surface area contributed by atoms with E-state index in [2.05, 4.69) is 4.98 Å². The van der Waals surface area contributed by atoms with Crippen molar-refractivity contribution in [2.75, 3.05) is 12.4 Å². The highest BCUT2D eigenvalue weighted by molar-refractivity contribution is 7.11. The molecule has 0 unspecified atom stereocenters. The minimum Gasteiger partial charge on any atom is -0.334 e. The maximum absolute atomic E-state index is 12.6. The van der Waals surface area contributed by atoms with Gasteiger partial charge in [0, 0.05) is 18.5 Å². The van der Waals surface area contributed by atoms with E-state index in [1.54, 1.807) is 5.51 Å². The van der Waals surface area contributed by atoms with Crippen LogP contribution in [0.25, 0.3) is 0 Å². The zero-order valence-corrected chi connectivity index (χ0v) is 12.3. The highest BCUT2D eigenvalue weighted by Crippen LogP contribution is 2.25. The summed E-state index contributed by atoms with van der Waals surface area (Å²) >= 11 is 7.29. The maximum atomic E-state index is 12.6. The van der Waals surface area contributed by atoms with Gasteiger partial charge in [0.25, 0.3) is 5.91 Å². The van der Waals surface area contributed by atoms with E-state index in [0.717, 1.165) is 23.4 Å². The molecule has 1 aromatic rings. The summed E-state index contributed by atoms with van der Waals surface area (Å²) in [4.78, 5) is 19.5. The Morgan fingerprint density at radius 3 is 2.78 bits per heavy atom. The summed E-state index contributed by atoms with van der Waals surface area (Å²) in [6.45, 7) is 2.53. The number of aromatic nitrogens is 1. The lowest BCUT2D eigenvalue weighted by Gasteiger charge is -2.33. The number of carbonyl (C=O) groups excluding carboxylic acids is 1. The smallest absolute Gasteiger partial charge is 0.266 e. The third-order valence-electron chi connectivity index (χ3n) is 3.54. The summed E-state index contributed by atoms with van der Waals surface area (Å²) in [6.07, 6.45) is 5.96. The minimum absolute atomic E-state index is 0.113. The van der Waals surface area contributed by atoms with Crippen LogP contribution >= 0.6 is 22.9 Å². The van der Waals surface area contributed by atoms with Gasteiger partial charge in [0.05, 0.1) is 11.2 Å². The lowest BCUT2D eigenvalue weighted by atomic mass is 9.94. The number of halogens is 1. The SMILES string of the molecule is Cc1ncsc1C(=O)N(CCCl)C1CCCCC1. The van der Waals surface area contributed by atoms with Crippen molar-refractivity contribution in [3.8, 4) is 0 Å².